The van der Waals surface area contributed by atoms with Crippen LogP contribution in [0.1, 0.15) is 29.3 Å². The topological polar surface area (TPSA) is 72.7 Å². The van der Waals surface area contributed by atoms with Gasteiger partial charge in [0.25, 0.3) is 0 Å². The summed E-state index contributed by atoms with van der Waals surface area (Å²) in [4.78, 5) is 18.9. The maximum atomic E-state index is 12.7. The number of carbonyl (C=O) groups is 1. The Bertz CT molecular complexity index is 1600. The lowest BCUT2D eigenvalue weighted by Gasteiger charge is -2.18. The Hall–Kier alpha value is -3.01. The highest BCUT2D eigenvalue weighted by molar-refractivity contribution is 7.99. The Morgan fingerprint density at radius 3 is 2.86 bits per heavy atom. The van der Waals surface area contributed by atoms with Crippen molar-refractivity contribution >= 4 is 56.2 Å². The van der Waals surface area contributed by atoms with E-state index in [9.17, 15) is 4.79 Å². The Labute approximate surface area is 228 Å². The molecule has 188 valence electrons. The van der Waals surface area contributed by atoms with E-state index in [1.165, 1.54) is 44.5 Å². The molecule has 6 rings (SSSR count). The van der Waals surface area contributed by atoms with E-state index in [0.29, 0.717) is 0 Å². The molecule has 0 radical (unpaired) electrons. The van der Waals surface area contributed by atoms with Crippen LogP contribution < -0.4 is 5.32 Å². The van der Waals surface area contributed by atoms with Crippen molar-refractivity contribution in [3.63, 3.8) is 0 Å². The molecule has 1 aliphatic rings. The third-order valence-corrected chi connectivity index (χ3v) is 9.91. The molecule has 0 spiro atoms. The molecule has 9 heteroatoms. The Morgan fingerprint density at radius 1 is 1.19 bits per heavy atom. The van der Waals surface area contributed by atoms with Crippen LogP contribution in [0.15, 0.2) is 53.0 Å². The smallest absolute Gasteiger partial charge is 0.234 e. The lowest BCUT2D eigenvalue weighted by molar-refractivity contribution is -0.113. The van der Waals surface area contributed by atoms with Gasteiger partial charge in [0.1, 0.15) is 5.01 Å². The minimum absolute atomic E-state index is 0.0698. The summed E-state index contributed by atoms with van der Waals surface area (Å²) in [5, 5.41) is 15.8. The van der Waals surface area contributed by atoms with Crippen molar-refractivity contribution in [1.82, 2.24) is 19.7 Å². The summed E-state index contributed by atoms with van der Waals surface area (Å²) >= 11 is 4.92. The van der Waals surface area contributed by atoms with Crippen molar-refractivity contribution in [3.05, 3.63) is 63.8 Å². The van der Waals surface area contributed by atoms with Crippen LogP contribution in [0.25, 0.3) is 32.2 Å². The zero-order valence-electron chi connectivity index (χ0n) is 20.9. The van der Waals surface area contributed by atoms with Gasteiger partial charge in [0.2, 0.25) is 5.91 Å². The summed E-state index contributed by atoms with van der Waals surface area (Å²) < 4.78 is 3.19. The Morgan fingerprint density at radius 2 is 2.03 bits per heavy atom. The van der Waals surface area contributed by atoms with Crippen LogP contribution in [0.2, 0.25) is 0 Å². The maximum Gasteiger partial charge on any atom is 0.234 e. The third kappa shape index (κ3) is 4.95. The number of hydrogen-bond acceptors (Lipinski definition) is 7. The van der Waals surface area contributed by atoms with Crippen molar-refractivity contribution in [2.24, 2.45) is 13.0 Å². The second-order valence-corrected chi connectivity index (χ2v) is 12.6. The molecule has 37 heavy (non-hydrogen) atoms. The molecule has 1 unspecified atom stereocenters. The first-order valence-electron chi connectivity index (χ1n) is 12.3. The number of thioether (sulfide) groups is 1. The van der Waals surface area contributed by atoms with E-state index < -0.39 is 0 Å². The molecule has 1 aliphatic carbocycles. The van der Waals surface area contributed by atoms with Gasteiger partial charge in [-0.05, 0) is 79.6 Å². The molecular formula is C28H27N5OS3. The first-order chi connectivity index (χ1) is 17.9. The molecule has 0 bridgehead atoms. The van der Waals surface area contributed by atoms with Crippen molar-refractivity contribution in [3.8, 4) is 22.0 Å². The monoisotopic (exact) mass is 545 g/mol. The van der Waals surface area contributed by atoms with Gasteiger partial charge >= 0.3 is 0 Å². The normalized spacial score (nSPS) is 15.2. The molecule has 0 saturated carbocycles. The summed E-state index contributed by atoms with van der Waals surface area (Å²) in [5.41, 5.74) is 6.68. The predicted octanol–water partition coefficient (Wildman–Crippen LogP) is 6.98. The largest absolute Gasteiger partial charge is 0.325 e. The standard InChI is InChI=1S/C28H27N5OS3/c1-16-4-10-20-21(14-35-23(20)12-16)26-31-32-28(33(26)3)36-15-25(34)29-19-8-6-18(7-9-19)27-30-22-11-5-17(2)13-24(22)37-27/h5-9,11,13-14,16H,4,10,12,15H2,1-3H3,(H,29,34). The van der Waals surface area contributed by atoms with Crippen molar-refractivity contribution < 1.29 is 4.79 Å². The summed E-state index contributed by atoms with van der Waals surface area (Å²) in [5.74, 6) is 1.83. The molecule has 6 nitrogen and oxygen atoms in total. The zero-order chi connectivity index (χ0) is 25.5. The molecule has 1 atom stereocenters. The highest BCUT2D eigenvalue weighted by Gasteiger charge is 2.23. The van der Waals surface area contributed by atoms with Crippen LogP contribution in [-0.4, -0.2) is 31.4 Å². The quantitative estimate of drug-likeness (QED) is 0.233. The van der Waals surface area contributed by atoms with E-state index in [-0.39, 0.29) is 11.7 Å². The number of carbonyl (C=O) groups excluding carboxylic acids is 1. The van der Waals surface area contributed by atoms with Crippen LogP contribution in [0.3, 0.4) is 0 Å². The highest BCUT2D eigenvalue weighted by atomic mass is 32.2. The molecule has 0 aliphatic heterocycles. The average molecular weight is 546 g/mol. The van der Waals surface area contributed by atoms with Gasteiger partial charge in [-0.25, -0.2) is 4.98 Å². The first kappa shape index (κ1) is 24.3. The minimum atomic E-state index is -0.0698. The highest BCUT2D eigenvalue weighted by Crippen LogP contribution is 2.38. The van der Waals surface area contributed by atoms with E-state index in [0.717, 1.165) is 51.5 Å². The van der Waals surface area contributed by atoms with Gasteiger partial charge < -0.3 is 9.88 Å². The van der Waals surface area contributed by atoms with E-state index in [2.05, 4.69) is 52.9 Å². The molecule has 5 aromatic rings. The van der Waals surface area contributed by atoms with Crippen LogP contribution in [0, 0.1) is 12.8 Å². The number of hydrogen-bond donors (Lipinski definition) is 1. The summed E-state index contributed by atoms with van der Waals surface area (Å²) in [6.07, 6.45) is 3.48. The molecule has 0 fully saturated rings. The second-order valence-electron chi connectivity index (χ2n) is 9.67. The number of amides is 1. The maximum absolute atomic E-state index is 12.7. The number of benzene rings is 2. The van der Waals surface area contributed by atoms with E-state index >= 15 is 0 Å². The molecule has 2 aromatic carbocycles. The minimum Gasteiger partial charge on any atom is -0.325 e. The van der Waals surface area contributed by atoms with Crippen LogP contribution in [0.5, 0.6) is 0 Å². The molecule has 1 amide bonds. The summed E-state index contributed by atoms with van der Waals surface area (Å²) in [7, 11) is 1.98. The number of anilines is 1. The lowest BCUT2D eigenvalue weighted by Crippen LogP contribution is -2.14. The lowest BCUT2D eigenvalue weighted by atomic mass is 9.88. The summed E-state index contributed by atoms with van der Waals surface area (Å²) in [6.45, 7) is 4.41. The van der Waals surface area contributed by atoms with Crippen LogP contribution in [0.4, 0.5) is 5.69 Å². The molecular weight excluding hydrogens is 519 g/mol. The third-order valence-electron chi connectivity index (χ3n) is 6.77. The van der Waals surface area contributed by atoms with E-state index in [1.807, 2.05) is 47.2 Å². The van der Waals surface area contributed by atoms with Crippen LogP contribution >= 0.6 is 34.4 Å². The van der Waals surface area contributed by atoms with Gasteiger partial charge in [-0.15, -0.1) is 32.9 Å². The first-order valence-corrected chi connectivity index (χ1v) is 15.0. The number of aromatic nitrogens is 4. The number of fused-ring (bicyclic) bond motifs is 2. The molecule has 1 N–H and O–H groups in total. The Balaban J connectivity index is 1.09. The number of aryl methyl sites for hydroxylation is 1. The fourth-order valence-electron chi connectivity index (χ4n) is 4.72. The van der Waals surface area contributed by atoms with Gasteiger partial charge in [-0.1, -0.05) is 24.8 Å². The average Bonchev–Trinajstić information content (AvgIpc) is 3.59. The fraction of sp³-hybridized carbons (Fsp3) is 0.286. The van der Waals surface area contributed by atoms with Gasteiger partial charge in [-0.3, -0.25) is 4.79 Å². The number of thiophene rings is 1. The zero-order valence-corrected chi connectivity index (χ0v) is 23.4. The van der Waals surface area contributed by atoms with Gasteiger partial charge in [0.15, 0.2) is 11.0 Å². The number of nitrogens with one attached hydrogen (secondary N) is 1. The molecule has 0 saturated heterocycles. The number of nitrogens with zero attached hydrogens (tertiary/aromatic N) is 4. The van der Waals surface area contributed by atoms with E-state index in [4.69, 9.17) is 4.98 Å². The molecule has 3 heterocycles. The van der Waals surface area contributed by atoms with Crippen molar-refractivity contribution in [2.75, 3.05) is 11.1 Å². The van der Waals surface area contributed by atoms with Gasteiger partial charge in [0, 0.05) is 34.1 Å². The number of thiazole rings is 1. The van der Waals surface area contributed by atoms with Gasteiger partial charge in [-0.2, -0.15) is 0 Å². The van der Waals surface area contributed by atoms with E-state index in [1.54, 1.807) is 11.3 Å². The SMILES string of the molecule is Cc1ccc2nc(-c3ccc(NC(=O)CSc4nnc(-c5csc6c5CCC(C)C6)n4C)cc3)sc2c1. The predicted molar refractivity (Wildman–Crippen MR) is 155 cm³/mol. The second kappa shape index (κ2) is 10.0. The summed E-state index contributed by atoms with van der Waals surface area (Å²) in [6, 6.07) is 14.2. The van der Waals surface area contributed by atoms with Crippen molar-refractivity contribution in [2.45, 2.75) is 38.3 Å². The van der Waals surface area contributed by atoms with Gasteiger partial charge in [0.05, 0.1) is 16.0 Å². The molecule has 3 aromatic heterocycles. The number of rotatable bonds is 6. The fourth-order valence-corrected chi connectivity index (χ4v) is 7.74. The van der Waals surface area contributed by atoms with Crippen LogP contribution in [-0.2, 0) is 24.7 Å². The Kier molecular flexibility index (Phi) is 6.60. The van der Waals surface area contributed by atoms with Crippen molar-refractivity contribution in [1.29, 1.82) is 0 Å².